The molecule has 0 spiro atoms. The minimum atomic E-state index is -5.42. The van der Waals surface area contributed by atoms with E-state index in [0.29, 0.717) is 11.1 Å². The average Bonchev–Trinajstić information content (AvgIpc) is 3.23. The molecule has 0 radical (unpaired) electrons. The van der Waals surface area contributed by atoms with Crippen molar-refractivity contribution in [2.75, 3.05) is 21.3 Å². The smallest absolute Gasteiger partial charge is 0.357 e. The average molecular weight is 717 g/mol. The van der Waals surface area contributed by atoms with Crippen LogP contribution in [-0.2, 0) is 57.5 Å². The number of esters is 2. The molecule has 1 unspecified atom stereocenters. The summed E-state index contributed by atoms with van der Waals surface area (Å²) in [6.45, 7) is 8.77. The second kappa shape index (κ2) is 13.9. The van der Waals surface area contributed by atoms with Gasteiger partial charge in [-0.3, -0.25) is 4.79 Å². The highest BCUT2D eigenvalue weighted by Crippen LogP contribution is 2.56. The molecule has 2 aromatic rings. The third-order valence-electron chi connectivity index (χ3n) is 6.78. The fraction of sp³-hybridized carbons (Fsp3) is 0.414. The van der Waals surface area contributed by atoms with Gasteiger partial charge in [-0.05, 0) is 65.8 Å². The molecule has 3 rings (SSSR count). The van der Waals surface area contributed by atoms with Crippen LogP contribution >= 0.6 is 7.57 Å². The highest BCUT2D eigenvalue weighted by Gasteiger charge is 2.76. The number of urea groups is 1. The molecule has 0 saturated carbocycles. The van der Waals surface area contributed by atoms with Gasteiger partial charge in [0.1, 0.15) is 0 Å². The van der Waals surface area contributed by atoms with Crippen molar-refractivity contribution in [3.05, 3.63) is 59.7 Å². The van der Waals surface area contributed by atoms with Crippen molar-refractivity contribution >= 4 is 56.8 Å². The fourth-order valence-electron chi connectivity index (χ4n) is 4.66. The van der Waals surface area contributed by atoms with E-state index < -0.39 is 88.6 Å². The molecule has 1 aliphatic heterocycles. The van der Waals surface area contributed by atoms with Gasteiger partial charge in [-0.2, -0.15) is 4.31 Å². The van der Waals surface area contributed by atoms with Crippen LogP contribution in [0.4, 0.5) is 4.79 Å². The summed E-state index contributed by atoms with van der Waals surface area (Å²) in [6, 6.07) is 7.72. The predicted molar refractivity (Wildman–Crippen MR) is 169 cm³/mol. The number of hydrogen-bond donors (Lipinski definition) is 0. The lowest BCUT2D eigenvalue weighted by atomic mass is 9.95. The van der Waals surface area contributed by atoms with Gasteiger partial charge in [-0.15, -0.1) is 4.31 Å². The normalized spacial score (nSPS) is 17.4. The van der Waals surface area contributed by atoms with Crippen LogP contribution in [0.1, 0.15) is 38.8 Å². The first kappa shape index (κ1) is 37.9. The Morgan fingerprint density at radius 1 is 0.702 bits per heavy atom. The molecule has 1 heterocycles. The summed E-state index contributed by atoms with van der Waals surface area (Å²) in [5, 5.41) is -1.26. The van der Waals surface area contributed by atoms with E-state index in [1.807, 2.05) is 0 Å². The maximum absolute atomic E-state index is 14.9. The van der Waals surface area contributed by atoms with Crippen LogP contribution in [0.25, 0.3) is 0 Å². The van der Waals surface area contributed by atoms with Crippen LogP contribution in [0.3, 0.4) is 0 Å². The van der Waals surface area contributed by atoms with Crippen LogP contribution in [0.2, 0.25) is 0 Å². The minimum absolute atomic E-state index is 0.299. The lowest BCUT2D eigenvalue weighted by Gasteiger charge is -2.36. The quantitative estimate of drug-likeness (QED) is 0.135. The molecule has 258 valence electrons. The lowest BCUT2D eigenvalue weighted by Crippen LogP contribution is -2.66. The van der Waals surface area contributed by atoms with Gasteiger partial charge in [0.2, 0.25) is 0 Å². The molecule has 0 aromatic heterocycles. The van der Waals surface area contributed by atoms with Crippen molar-refractivity contribution in [1.29, 1.82) is 0 Å². The van der Waals surface area contributed by atoms with Gasteiger partial charge in [0.15, 0.2) is 5.29 Å². The van der Waals surface area contributed by atoms with E-state index in [1.54, 1.807) is 13.8 Å². The van der Waals surface area contributed by atoms with Gasteiger partial charge in [0.05, 0.1) is 22.0 Å². The second-order valence-corrected chi connectivity index (χ2v) is 16.9. The van der Waals surface area contributed by atoms with Crippen molar-refractivity contribution in [3.8, 4) is 0 Å². The number of rotatable bonds is 12. The van der Waals surface area contributed by atoms with Gasteiger partial charge in [-0.1, -0.05) is 35.4 Å². The van der Waals surface area contributed by atoms with Crippen LogP contribution in [0.5, 0.6) is 0 Å². The third kappa shape index (κ3) is 6.47. The first-order valence-corrected chi connectivity index (χ1v) is 18.4. The Morgan fingerprint density at radius 2 is 1.11 bits per heavy atom. The number of carbonyl (C=O) groups excluding carboxylic acids is 4. The van der Waals surface area contributed by atoms with Crippen molar-refractivity contribution in [2.24, 2.45) is 0 Å². The van der Waals surface area contributed by atoms with Crippen molar-refractivity contribution < 1.29 is 59.1 Å². The van der Waals surface area contributed by atoms with Crippen molar-refractivity contribution in [1.82, 2.24) is 8.61 Å². The maximum Gasteiger partial charge on any atom is 0.357 e. The minimum Gasteiger partial charge on any atom is -0.461 e. The molecule has 18 heteroatoms. The van der Waals surface area contributed by atoms with E-state index in [2.05, 4.69) is 0 Å². The van der Waals surface area contributed by atoms with Crippen molar-refractivity contribution in [2.45, 2.75) is 69.1 Å². The van der Waals surface area contributed by atoms with Crippen molar-refractivity contribution in [3.63, 3.8) is 0 Å². The maximum atomic E-state index is 14.9. The van der Waals surface area contributed by atoms with E-state index in [-0.39, 0.29) is 4.31 Å². The predicted octanol–water partition coefficient (Wildman–Crippen LogP) is 3.16. The molecule has 1 saturated heterocycles. The molecular formula is C29H37N2O13PS2. The number of hydrogen-bond acceptors (Lipinski definition) is 13. The molecule has 3 amide bonds. The molecule has 1 aliphatic rings. The topological polar surface area (TPSA) is 189 Å². The molecule has 0 bridgehead atoms. The number of imide groups is 1. The van der Waals surface area contributed by atoms with E-state index in [4.69, 9.17) is 23.0 Å². The van der Waals surface area contributed by atoms with Crippen LogP contribution in [0.15, 0.2) is 58.3 Å². The van der Waals surface area contributed by atoms with E-state index in [9.17, 15) is 36.0 Å². The zero-order valence-corrected chi connectivity index (χ0v) is 29.8. The Kier molecular flexibility index (Phi) is 11.2. The van der Waals surface area contributed by atoms with E-state index in [0.717, 1.165) is 45.6 Å². The molecule has 1 atom stereocenters. The van der Waals surface area contributed by atoms with E-state index >= 15 is 0 Å². The lowest BCUT2D eigenvalue weighted by molar-refractivity contribution is -0.158. The number of sulfonamides is 2. The van der Waals surface area contributed by atoms with Gasteiger partial charge in [0, 0.05) is 21.3 Å². The molecule has 47 heavy (non-hydrogen) atoms. The van der Waals surface area contributed by atoms with Crippen LogP contribution in [-0.4, -0.2) is 93.7 Å². The Balaban J connectivity index is 2.70. The number of ether oxygens (including phenoxy) is 2. The SMILES string of the molecule is COP(OC)(OC)=C(C(=O)OC(C)C)C1(C(=O)OC(C)C)C(=O)N(S(=O)(=O)c2ccc(C)cc2)C(=O)N1S(=O)(=O)c1ccc(C)cc1. The molecule has 15 nitrogen and oxygen atoms in total. The Bertz CT molecular complexity index is 1820. The largest absolute Gasteiger partial charge is 0.461 e. The Morgan fingerprint density at radius 3 is 1.49 bits per heavy atom. The standard InChI is InChI=1S/C29H37N2O13PS2/c1-18(2)43-25(32)24(45(40-7,41-8)42-9)29(27(34)44-19(3)4)26(33)30(46(36,37)22-14-10-20(5)11-15-22)28(35)31(29)47(38,39)23-16-12-21(6)13-17-23/h10-19H,1-9H3. The van der Waals surface area contributed by atoms with E-state index in [1.165, 1.54) is 52.0 Å². The molecule has 0 N–H and O–H groups in total. The number of aryl methyl sites for hydroxylation is 2. The molecule has 0 aliphatic carbocycles. The highest BCUT2D eigenvalue weighted by molar-refractivity contribution is 7.91. The number of benzene rings is 2. The van der Waals surface area contributed by atoms with Gasteiger partial charge in [-0.25, -0.2) is 31.2 Å². The van der Waals surface area contributed by atoms with Crippen LogP contribution < -0.4 is 0 Å². The molecular weight excluding hydrogens is 679 g/mol. The Hall–Kier alpha value is -3.60. The summed E-state index contributed by atoms with van der Waals surface area (Å²) >= 11 is 0. The summed E-state index contributed by atoms with van der Waals surface area (Å²) in [6.07, 6.45) is -2.07. The fourth-order valence-corrected chi connectivity index (χ4v) is 9.65. The van der Waals surface area contributed by atoms with Gasteiger partial charge in [0.25, 0.3) is 39.1 Å². The monoisotopic (exact) mass is 716 g/mol. The number of carbonyl (C=O) groups is 4. The summed E-state index contributed by atoms with van der Waals surface area (Å²) in [7, 11) is -12.4. The second-order valence-electron chi connectivity index (χ2n) is 10.8. The van der Waals surface area contributed by atoms with Gasteiger partial charge >= 0.3 is 18.0 Å². The summed E-state index contributed by atoms with van der Waals surface area (Å²) in [4.78, 5) is 56.6. The number of amides is 3. The molecule has 2 aromatic carbocycles. The first-order valence-electron chi connectivity index (χ1n) is 14.0. The Labute approximate surface area is 274 Å². The zero-order valence-electron chi connectivity index (χ0n) is 27.2. The summed E-state index contributed by atoms with van der Waals surface area (Å²) in [5.74, 6) is -5.40. The summed E-state index contributed by atoms with van der Waals surface area (Å²) in [5.41, 5.74) is -2.55. The zero-order chi connectivity index (χ0) is 35.7. The number of nitrogens with zero attached hydrogens (tertiary/aromatic N) is 2. The van der Waals surface area contributed by atoms with Crippen LogP contribution in [0, 0.1) is 13.8 Å². The summed E-state index contributed by atoms with van der Waals surface area (Å²) < 4.78 is 83.6. The highest BCUT2D eigenvalue weighted by atomic mass is 32.2. The third-order valence-corrected chi connectivity index (χ3v) is 12.7. The first-order chi connectivity index (χ1) is 21.8. The van der Waals surface area contributed by atoms with Gasteiger partial charge < -0.3 is 23.0 Å². The molecule has 1 fully saturated rings.